The van der Waals surface area contributed by atoms with Crippen LogP contribution in [0.2, 0.25) is 0 Å². The summed E-state index contributed by atoms with van der Waals surface area (Å²) >= 11 is 0. The Morgan fingerprint density at radius 3 is 2.72 bits per heavy atom. The maximum Gasteiger partial charge on any atom is 0.251 e. The van der Waals surface area contributed by atoms with Crippen molar-refractivity contribution in [1.29, 1.82) is 0 Å². The lowest BCUT2D eigenvalue weighted by molar-refractivity contribution is 0.0912. The van der Waals surface area contributed by atoms with Crippen molar-refractivity contribution >= 4 is 5.91 Å². The van der Waals surface area contributed by atoms with Gasteiger partial charge in [-0.05, 0) is 36.6 Å². The molecule has 0 bridgehead atoms. The van der Waals surface area contributed by atoms with Crippen LogP contribution in [-0.2, 0) is 5.41 Å². The molecular formula is C15H19NO2. The fraction of sp³-hybridized carbons (Fsp3) is 0.533. The average molecular weight is 245 g/mol. The number of fused-ring (bicyclic) bond motifs is 2. The summed E-state index contributed by atoms with van der Waals surface area (Å²) in [5.41, 5.74) is 2.19. The van der Waals surface area contributed by atoms with E-state index in [2.05, 4.69) is 11.4 Å². The number of amides is 1. The zero-order chi connectivity index (χ0) is 12.6. The van der Waals surface area contributed by atoms with Crippen molar-refractivity contribution in [2.75, 3.05) is 13.7 Å². The van der Waals surface area contributed by atoms with E-state index in [0.717, 1.165) is 17.9 Å². The minimum atomic E-state index is 0.0591. The van der Waals surface area contributed by atoms with Gasteiger partial charge in [-0.1, -0.05) is 19.3 Å². The summed E-state index contributed by atoms with van der Waals surface area (Å²) in [5.74, 6) is 0.914. The third-order valence-corrected chi connectivity index (χ3v) is 4.44. The van der Waals surface area contributed by atoms with Crippen molar-refractivity contribution in [3.63, 3.8) is 0 Å². The predicted molar refractivity (Wildman–Crippen MR) is 70.1 cm³/mol. The van der Waals surface area contributed by atoms with Crippen LogP contribution in [0.1, 0.15) is 48.0 Å². The van der Waals surface area contributed by atoms with Gasteiger partial charge in [-0.3, -0.25) is 4.79 Å². The molecule has 3 nitrogen and oxygen atoms in total. The number of methoxy groups -OCH3 is 1. The highest BCUT2D eigenvalue weighted by molar-refractivity contribution is 5.97. The van der Waals surface area contributed by atoms with E-state index in [1.807, 2.05) is 12.1 Å². The third-order valence-electron chi connectivity index (χ3n) is 4.44. The molecule has 1 aromatic carbocycles. The Labute approximate surface area is 108 Å². The third kappa shape index (κ3) is 1.69. The van der Waals surface area contributed by atoms with E-state index < -0.39 is 0 Å². The lowest BCUT2D eigenvalue weighted by Gasteiger charge is -2.42. The van der Waals surface area contributed by atoms with Gasteiger partial charge in [0, 0.05) is 17.5 Å². The summed E-state index contributed by atoms with van der Waals surface area (Å²) in [6.07, 6.45) is 6.18. The molecule has 0 radical (unpaired) electrons. The van der Waals surface area contributed by atoms with Gasteiger partial charge in [0.05, 0.1) is 7.11 Å². The number of carbonyl (C=O) groups is 1. The first-order valence-electron chi connectivity index (χ1n) is 6.72. The standard InChI is InChI=1S/C15H19NO2/c1-18-11-5-6-12-13(9-11)15(10-16-14(12)17)7-3-2-4-8-15/h5-6,9H,2-4,7-8,10H2,1H3,(H,16,17). The van der Waals surface area contributed by atoms with Crippen LogP contribution in [0.4, 0.5) is 0 Å². The highest BCUT2D eigenvalue weighted by atomic mass is 16.5. The van der Waals surface area contributed by atoms with Gasteiger partial charge in [0.15, 0.2) is 0 Å². The fourth-order valence-corrected chi connectivity index (χ4v) is 3.40. The van der Waals surface area contributed by atoms with Crippen molar-refractivity contribution in [3.8, 4) is 5.75 Å². The van der Waals surface area contributed by atoms with Crippen LogP contribution in [0.15, 0.2) is 18.2 Å². The molecule has 1 aliphatic heterocycles. The Kier molecular flexibility index (Phi) is 2.77. The second-order valence-electron chi connectivity index (χ2n) is 5.44. The van der Waals surface area contributed by atoms with Crippen LogP contribution in [0.5, 0.6) is 5.75 Å². The van der Waals surface area contributed by atoms with Gasteiger partial charge >= 0.3 is 0 Å². The first kappa shape index (κ1) is 11.6. The largest absolute Gasteiger partial charge is 0.497 e. The molecule has 1 heterocycles. The maximum absolute atomic E-state index is 12.0. The normalized spacial score (nSPS) is 21.3. The summed E-state index contributed by atoms with van der Waals surface area (Å²) in [4.78, 5) is 12.0. The quantitative estimate of drug-likeness (QED) is 0.826. The van der Waals surface area contributed by atoms with Gasteiger partial charge in [0.25, 0.3) is 5.91 Å². The molecule has 1 aliphatic carbocycles. The van der Waals surface area contributed by atoms with Crippen LogP contribution in [0.3, 0.4) is 0 Å². The molecule has 1 fully saturated rings. The zero-order valence-corrected chi connectivity index (χ0v) is 10.8. The Morgan fingerprint density at radius 1 is 1.22 bits per heavy atom. The molecule has 96 valence electrons. The topological polar surface area (TPSA) is 38.3 Å². The van der Waals surface area contributed by atoms with Gasteiger partial charge in [0.2, 0.25) is 0 Å². The summed E-state index contributed by atoms with van der Waals surface area (Å²) in [7, 11) is 1.68. The summed E-state index contributed by atoms with van der Waals surface area (Å²) < 4.78 is 5.32. The molecule has 1 amide bonds. The van der Waals surface area contributed by atoms with Gasteiger partial charge in [-0.25, -0.2) is 0 Å². The Balaban J connectivity index is 2.10. The minimum Gasteiger partial charge on any atom is -0.497 e. The van der Waals surface area contributed by atoms with Gasteiger partial charge < -0.3 is 10.1 Å². The van der Waals surface area contributed by atoms with E-state index in [1.165, 1.54) is 37.7 Å². The number of ether oxygens (including phenoxy) is 1. The van der Waals surface area contributed by atoms with E-state index >= 15 is 0 Å². The molecule has 3 heteroatoms. The molecule has 3 rings (SSSR count). The van der Waals surface area contributed by atoms with E-state index in [9.17, 15) is 4.79 Å². The van der Waals surface area contributed by atoms with E-state index in [0.29, 0.717) is 0 Å². The van der Waals surface area contributed by atoms with Gasteiger partial charge in [-0.15, -0.1) is 0 Å². The van der Waals surface area contributed by atoms with Gasteiger partial charge in [0.1, 0.15) is 5.75 Å². The van der Waals surface area contributed by atoms with Crippen LogP contribution >= 0.6 is 0 Å². The van der Waals surface area contributed by atoms with Crippen molar-refractivity contribution in [2.45, 2.75) is 37.5 Å². The number of hydrogen-bond donors (Lipinski definition) is 1. The SMILES string of the molecule is COc1ccc2c(c1)C1(CCCCC1)CNC2=O. The average Bonchev–Trinajstić information content (AvgIpc) is 2.44. The summed E-state index contributed by atoms with van der Waals surface area (Å²) in [6.45, 7) is 0.784. The molecule has 0 aromatic heterocycles. The molecule has 2 aliphatic rings. The van der Waals surface area contributed by atoms with Crippen molar-refractivity contribution in [2.24, 2.45) is 0 Å². The van der Waals surface area contributed by atoms with E-state index in [-0.39, 0.29) is 11.3 Å². The summed E-state index contributed by atoms with van der Waals surface area (Å²) in [5, 5.41) is 3.06. The molecule has 1 spiro atoms. The Morgan fingerprint density at radius 2 is 2.00 bits per heavy atom. The molecule has 18 heavy (non-hydrogen) atoms. The highest BCUT2D eigenvalue weighted by Crippen LogP contribution is 2.43. The molecule has 0 saturated heterocycles. The smallest absolute Gasteiger partial charge is 0.251 e. The van der Waals surface area contributed by atoms with Crippen LogP contribution < -0.4 is 10.1 Å². The first-order chi connectivity index (χ1) is 8.75. The number of hydrogen-bond acceptors (Lipinski definition) is 2. The van der Waals surface area contributed by atoms with Gasteiger partial charge in [-0.2, -0.15) is 0 Å². The maximum atomic E-state index is 12.0. The number of nitrogens with one attached hydrogen (secondary N) is 1. The lowest BCUT2D eigenvalue weighted by Crippen LogP contribution is -2.47. The number of benzene rings is 1. The van der Waals surface area contributed by atoms with E-state index in [4.69, 9.17) is 4.74 Å². The molecule has 0 unspecified atom stereocenters. The number of rotatable bonds is 1. The predicted octanol–water partition coefficient (Wildman–Crippen LogP) is 2.64. The van der Waals surface area contributed by atoms with Crippen LogP contribution in [-0.4, -0.2) is 19.6 Å². The monoisotopic (exact) mass is 245 g/mol. The molecule has 0 atom stereocenters. The minimum absolute atomic E-state index is 0.0591. The van der Waals surface area contributed by atoms with Crippen molar-refractivity contribution in [3.05, 3.63) is 29.3 Å². The second kappa shape index (κ2) is 4.30. The van der Waals surface area contributed by atoms with Crippen molar-refractivity contribution in [1.82, 2.24) is 5.32 Å². The van der Waals surface area contributed by atoms with Crippen LogP contribution in [0.25, 0.3) is 0 Å². The highest BCUT2D eigenvalue weighted by Gasteiger charge is 2.40. The van der Waals surface area contributed by atoms with Crippen molar-refractivity contribution < 1.29 is 9.53 Å². The molecular weight excluding hydrogens is 226 g/mol. The molecule has 1 N–H and O–H groups in total. The number of carbonyl (C=O) groups excluding carboxylic acids is 1. The zero-order valence-electron chi connectivity index (χ0n) is 10.8. The molecule has 1 saturated carbocycles. The molecule has 1 aromatic rings. The van der Waals surface area contributed by atoms with E-state index in [1.54, 1.807) is 7.11 Å². The summed E-state index contributed by atoms with van der Waals surface area (Å²) in [6, 6.07) is 5.85. The van der Waals surface area contributed by atoms with Crippen LogP contribution in [0, 0.1) is 0 Å². The fourth-order valence-electron chi connectivity index (χ4n) is 3.40. The second-order valence-corrected chi connectivity index (χ2v) is 5.44. The Hall–Kier alpha value is -1.51. The lowest BCUT2D eigenvalue weighted by atomic mass is 9.66. The first-order valence-corrected chi connectivity index (χ1v) is 6.72. The Bertz CT molecular complexity index is 475.